The van der Waals surface area contributed by atoms with Gasteiger partial charge in [0.05, 0.1) is 12.7 Å². The number of nitrogens with one attached hydrogen (secondary N) is 1. The van der Waals surface area contributed by atoms with Crippen LogP contribution in [0, 0.1) is 11.3 Å². The van der Waals surface area contributed by atoms with Gasteiger partial charge in [0.2, 0.25) is 5.91 Å². The van der Waals surface area contributed by atoms with E-state index in [9.17, 15) is 10.1 Å². The number of hydrogen-bond acceptors (Lipinski definition) is 4. The van der Waals surface area contributed by atoms with Crippen molar-refractivity contribution in [1.82, 2.24) is 5.32 Å². The predicted molar refractivity (Wildman–Crippen MR) is 84.7 cm³/mol. The number of para-hydroxylation sites is 1. The third kappa shape index (κ3) is 3.12. The lowest BCUT2D eigenvalue weighted by Crippen LogP contribution is -2.29. The third-order valence-corrected chi connectivity index (χ3v) is 4.53. The SMILES string of the molecule is N#C[C@@H](NC(=O)C[C@H]1CCOc2ccccc21)c1ccsc1. The lowest BCUT2D eigenvalue weighted by molar-refractivity contribution is -0.122. The number of amides is 1. The van der Waals surface area contributed by atoms with Crippen LogP contribution in [-0.4, -0.2) is 12.5 Å². The van der Waals surface area contributed by atoms with E-state index in [0.717, 1.165) is 23.3 Å². The maximum atomic E-state index is 12.3. The van der Waals surface area contributed by atoms with Gasteiger partial charge in [0.15, 0.2) is 0 Å². The molecule has 0 saturated carbocycles. The Labute approximate surface area is 133 Å². The lowest BCUT2D eigenvalue weighted by Gasteiger charge is -2.25. The Kier molecular flexibility index (Phi) is 4.40. The second kappa shape index (κ2) is 6.63. The molecular weight excluding hydrogens is 296 g/mol. The van der Waals surface area contributed by atoms with Gasteiger partial charge in [-0.2, -0.15) is 16.6 Å². The Morgan fingerprint density at radius 3 is 3.09 bits per heavy atom. The van der Waals surface area contributed by atoms with E-state index in [1.807, 2.05) is 41.1 Å². The number of thiophene rings is 1. The maximum absolute atomic E-state index is 12.3. The minimum atomic E-state index is -0.575. The van der Waals surface area contributed by atoms with E-state index in [-0.39, 0.29) is 11.8 Å². The van der Waals surface area contributed by atoms with Crippen LogP contribution in [0.25, 0.3) is 0 Å². The number of carbonyl (C=O) groups is 1. The van der Waals surface area contributed by atoms with Crippen LogP contribution in [0.15, 0.2) is 41.1 Å². The van der Waals surface area contributed by atoms with E-state index in [0.29, 0.717) is 13.0 Å². The number of ether oxygens (including phenoxy) is 1. The largest absolute Gasteiger partial charge is 0.493 e. The summed E-state index contributed by atoms with van der Waals surface area (Å²) in [4.78, 5) is 12.3. The van der Waals surface area contributed by atoms with Crippen molar-refractivity contribution in [2.75, 3.05) is 6.61 Å². The molecule has 5 heteroatoms. The standard InChI is InChI=1S/C17H16N2O2S/c18-10-15(13-6-8-22-11-13)19-17(20)9-12-5-7-21-16-4-2-1-3-14(12)16/h1-4,6,8,11-12,15H,5,7,9H2,(H,19,20)/t12-,15-/m1/s1. The van der Waals surface area contributed by atoms with Crippen molar-refractivity contribution in [3.05, 3.63) is 52.2 Å². The Balaban J connectivity index is 1.67. The van der Waals surface area contributed by atoms with Gasteiger partial charge < -0.3 is 10.1 Å². The zero-order valence-corrected chi connectivity index (χ0v) is 12.8. The Morgan fingerprint density at radius 1 is 1.45 bits per heavy atom. The molecule has 2 heterocycles. The highest BCUT2D eigenvalue weighted by atomic mass is 32.1. The first-order chi connectivity index (χ1) is 10.8. The average Bonchev–Trinajstić information content (AvgIpc) is 3.07. The van der Waals surface area contributed by atoms with Crippen LogP contribution in [0.2, 0.25) is 0 Å². The summed E-state index contributed by atoms with van der Waals surface area (Å²) in [7, 11) is 0. The molecule has 1 aromatic heterocycles. The molecule has 1 aromatic carbocycles. The van der Waals surface area contributed by atoms with Gasteiger partial charge in [0, 0.05) is 6.42 Å². The van der Waals surface area contributed by atoms with Crippen LogP contribution in [-0.2, 0) is 4.79 Å². The van der Waals surface area contributed by atoms with Gasteiger partial charge in [0.25, 0.3) is 0 Å². The van der Waals surface area contributed by atoms with Crippen LogP contribution in [0.3, 0.4) is 0 Å². The fraction of sp³-hybridized carbons (Fsp3) is 0.294. The second-order valence-electron chi connectivity index (χ2n) is 5.26. The molecule has 0 aliphatic carbocycles. The molecule has 0 unspecified atom stereocenters. The molecule has 1 N–H and O–H groups in total. The van der Waals surface area contributed by atoms with Gasteiger partial charge in [-0.25, -0.2) is 0 Å². The molecule has 2 atom stereocenters. The molecule has 0 fully saturated rings. The van der Waals surface area contributed by atoms with Crippen LogP contribution < -0.4 is 10.1 Å². The number of hydrogen-bond donors (Lipinski definition) is 1. The zero-order chi connectivity index (χ0) is 15.4. The minimum Gasteiger partial charge on any atom is -0.493 e. The number of benzene rings is 1. The van der Waals surface area contributed by atoms with Crippen molar-refractivity contribution in [3.8, 4) is 11.8 Å². The first-order valence-corrected chi connectivity index (χ1v) is 8.15. The Morgan fingerprint density at radius 2 is 2.32 bits per heavy atom. The maximum Gasteiger partial charge on any atom is 0.221 e. The number of rotatable bonds is 4. The predicted octanol–water partition coefficient (Wildman–Crippen LogP) is 3.39. The van der Waals surface area contributed by atoms with Crippen LogP contribution in [0.4, 0.5) is 0 Å². The number of nitriles is 1. The third-order valence-electron chi connectivity index (χ3n) is 3.83. The lowest BCUT2D eigenvalue weighted by atomic mass is 9.90. The van der Waals surface area contributed by atoms with Crippen LogP contribution in [0.5, 0.6) is 5.75 Å². The second-order valence-corrected chi connectivity index (χ2v) is 6.04. The van der Waals surface area contributed by atoms with Crippen molar-refractivity contribution in [2.24, 2.45) is 0 Å². The van der Waals surface area contributed by atoms with Crippen molar-refractivity contribution < 1.29 is 9.53 Å². The van der Waals surface area contributed by atoms with E-state index in [2.05, 4.69) is 11.4 Å². The molecule has 0 radical (unpaired) electrons. The summed E-state index contributed by atoms with van der Waals surface area (Å²) in [6, 6.07) is 11.3. The van der Waals surface area contributed by atoms with E-state index < -0.39 is 6.04 Å². The Hall–Kier alpha value is -2.32. The zero-order valence-electron chi connectivity index (χ0n) is 12.0. The highest BCUT2D eigenvalue weighted by molar-refractivity contribution is 7.08. The molecular formula is C17H16N2O2S. The fourth-order valence-corrected chi connectivity index (χ4v) is 3.39. The summed E-state index contributed by atoms with van der Waals surface area (Å²) in [5.74, 6) is 0.910. The molecule has 0 spiro atoms. The van der Waals surface area contributed by atoms with Crippen molar-refractivity contribution in [1.29, 1.82) is 5.26 Å². The molecule has 1 amide bonds. The fourth-order valence-electron chi connectivity index (χ4n) is 2.70. The molecule has 112 valence electrons. The molecule has 0 bridgehead atoms. The highest BCUT2D eigenvalue weighted by Gasteiger charge is 2.24. The topological polar surface area (TPSA) is 62.1 Å². The summed E-state index contributed by atoms with van der Waals surface area (Å²) in [6.07, 6.45) is 1.20. The highest BCUT2D eigenvalue weighted by Crippen LogP contribution is 2.35. The van der Waals surface area contributed by atoms with E-state index in [1.54, 1.807) is 0 Å². The van der Waals surface area contributed by atoms with Gasteiger partial charge in [-0.05, 0) is 46.4 Å². The van der Waals surface area contributed by atoms with E-state index in [4.69, 9.17) is 4.74 Å². The number of fused-ring (bicyclic) bond motifs is 1. The molecule has 0 saturated heterocycles. The summed E-state index contributed by atoms with van der Waals surface area (Å²) in [5.41, 5.74) is 1.92. The number of carbonyl (C=O) groups excluding carboxylic acids is 1. The molecule has 22 heavy (non-hydrogen) atoms. The monoisotopic (exact) mass is 312 g/mol. The average molecular weight is 312 g/mol. The van der Waals surface area contributed by atoms with E-state index >= 15 is 0 Å². The Bertz CT molecular complexity index is 691. The summed E-state index contributed by atoms with van der Waals surface area (Å²) in [6.45, 7) is 0.626. The molecule has 3 rings (SSSR count). The molecule has 2 aromatic rings. The first kappa shape index (κ1) is 14.6. The van der Waals surface area contributed by atoms with Gasteiger partial charge in [-0.3, -0.25) is 4.79 Å². The molecule has 1 aliphatic rings. The van der Waals surface area contributed by atoms with E-state index in [1.165, 1.54) is 11.3 Å². The van der Waals surface area contributed by atoms with Gasteiger partial charge in [0.1, 0.15) is 11.8 Å². The molecule has 4 nitrogen and oxygen atoms in total. The quantitative estimate of drug-likeness (QED) is 0.941. The summed E-state index contributed by atoms with van der Waals surface area (Å²) >= 11 is 1.52. The molecule has 1 aliphatic heterocycles. The van der Waals surface area contributed by atoms with Crippen molar-refractivity contribution >= 4 is 17.2 Å². The summed E-state index contributed by atoms with van der Waals surface area (Å²) in [5, 5.41) is 15.8. The summed E-state index contributed by atoms with van der Waals surface area (Å²) < 4.78 is 5.61. The number of nitrogens with zero attached hydrogens (tertiary/aromatic N) is 1. The van der Waals surface area contributed by atoms with Crippen molar-refractivity contribution in [3.63, 3.8) is 0 Å². The van der Waals surface area contributed by atoms with Crippen LogP contribution >= 0.6 is 11.3 Å². The smallest absolute Gasteiger partial charge is 0.221 e. The normalized spacial score (nSPS) is 17.7. The van der Waals surface area contributed by atoms with Gasteiger partial charge in [-0.15, -0.1) is 0 Å². The van der Waals surface area contributed by atoms with Gasteiger partial charge in [-0.1, -0.05) is 18.2 Å². The van der Waals surface area contributed by atoms with Gasteiger partial charge >= 0.3 is 0 Å². The minimum absolute atomic E-state index is 0.0977. The first-order valence-electron chi connectivity index (χ1n) is 7.20. The van der Waals surface area contributed by atoms with Crippen molar-refractivity contribution in [2.45, 2.75) is 24.8 Å². The van der Waals surface area contributed by atoms with Crippen LogP contribution in [0.1, 0.15) is 35.9 Å².